The molecule has 38 heavy (non-hydrogen) atoms. The number of ether oxygens (including phenoxy) is 4. The molecule has 2 N–H and O–H groups in total. The van der Waals surface area contributed by atoms with E-state index in [9.17, 15) is 4.79 Å². The van der Waals surface area contributed by atoms with Crippen LogP contribution in [0.1, 0.15) is 43.6 Å². The number of carbonyl (C=O) groups excluding carboxylic acids is 1. The fourth-order valence-corrected chi connectivity index (χ4v) is 5.77. The van der Waals surface area contributed by atoms with Crippen LogP contribution in [0.5, 0.6) is 17.2 Å². The molecule has 1 saturated heterocycles. The van der Waals surface area contributed by atoms with Gasteiger partial charge < -0.3 is 29.6 Å². The van der Waals surface area contributed by atoms with E-state index in [0.717, 1.165) is 51.4 Å². The molecule has 0 radical (unpaired) electrons. The molecule has 196 valence electrons. The molecule has 3 aliphatic rings. The van der Waals surface area contributed by atoms with E-state index in [2.05, 4.69) is 49.6 Å². The molecule has 0 spiro atoms. The lowest BCUT2D eigenvalue weighted by Crippen LogP contribution is -2.44. The first-order chi connectivity index (χ1) is 18.4. The summed E-state index contributed by atoms with van der Waals surface area (Å²) in [6, 6.07) is 17.7. The molecule has 6 rings (SSSR count). The summed E-state index contributed by atoms with van der Waals surface area (Å²) in [4.78, 5) is 13.0. The van der Waals surface area contributed by atoms with Gasteiger partial charge in [0.15, 0.2) is 12.2 Å². The number of nitrogens with one attached hydrogen (secondary N) is 2. The second kappa shape index (κ2) is 9.49. The van der Waals surface area contributed by atoms with Gasteiger partial charge in [0.2, 0.25) is 0 Å². The summed E-state index contributed by atoms with van der Waals surface area (Å²) in [7, 11) is 1.67. The van der Waals surface area contributed by atoms with Gasteiger partial charge in [0.1, 0.15) is 17.2 Å². The molecule has 0 saturated carbocycles. The van der Waals surface area contributed by atoms with Gasteiger partial charge in [0.05, 0.1) is 24.8 Å². The molecule has 2 unspecified atom stereocenters. The van der Waals surface area contributed by atoms with Gasteiger partial charge in [-0.05, 0) is 56.2 Å². The third-order valence-corrected chi connectivity index (χ3v) is 7.26. The molecule has 7 heteroatoms. The van der Waals surface area contributed by atoms with Crippen LogP contribution in [0.3, 0.4) is 0 Å². The van der Waals surface area contributed by atoms with E-state index in [4.69, 9.17) is 18.9 Å². The summed E-state index contributed by atoms with van der Waals surface area (Å²) < 4.78 is 24.1. The Kier molecular flexibility index (Phi) is 6.13. The lowest BCUT2D eigenvalue weighted by Gasteiger charge is -2.37. The number of methoxy groups -OCH3 is 1. The van der Waals surface area contributed by atoms with Gasteiger partial charge in [0.25, 0.3) is 0 Å². The van der Waals surface area contributed by atoms with Crippen molar-refractivity contribution in [1.82, 2.24) is 5.32 Å². The Morgan fingerprint density at radius 1 is 1.03 bits per heavy atom. The van der Waals surface area contributed by atoms with Gasteiger partial charge in [-0.2, -0.15) is 0 Å². The molecule has 1 fully saturated rings. The molecular weight excluding hydrogens is 480 g/mol. The fraction of sp³-hybridized carbons (Fsp3) is 0.323. The number of hydrogen-bond donors (Lipinski definition) is 2. The number of hydrogen-bond acceptors (Lipinski definition) is 7. The second-order valence-corrected chi connectivity index (χ2v) is 10.5. The molecule has 0 aromatic heterocycles. The van der Waals surface area contributed by atoms with Gasteiger partial charge in [-0.25, -0.2) is 4.79 Å². The number of morpholine rings is 1. The first kappa shape index (κ1) is 24.5. The summed E-state index contributed by atoms with van der Waals surface area (Å²) in [6.45, 7) is 8.06. The van der Waals surface area contributed by atoms with E-state index in [1.54, 1.807) is 7.11 Å². The number of para-hydroxylation sites is 1. The third-order valence-electron chi connectivity index (χ3n) is 7.26. The molecule has 0 aliphatic carbocycles. The molecule has 0 amide bonds. The van der Waals surface area contributed by atoms with Crippen LogP contribution in [0.4, 0.5) is 5.69 Å². The molecule has 7 nitrogen and oxygen atoms in total. The van der Waals surface area contributed by atoms with Crippen molar-refractivity contribution in [1.29, 1.82) is 0 Å². The maximum absolute atomic E-state index is 13.0. The van der Waals surface area contributed by atoms with Crippen LogP contribution in [0.25, 0.3) is 16.7 Å². The second-order valence-electron chi connectivity index (χ2n) is 10.5. The number of rotatable bonds is 4. The molecule has 3 heterocycles. The number of benzene rings is 3. The topological polar surface area (TPSA) is 78.1 Å². The zero-order valence-electron chi connectivity index (χ0n) is 22.1. The first-order valence-corrected chi connectivity index (χ1v) is 13.0. The van der Waals surface area contributed by atoms with Crippen molar-refractivity contribution in [2.24, 2.45) is 0 Å². The number of anilines is 1. The van der Waals surface area contributed by atoms with Crippen molar-refractivity contribution in [3.63, 3.8) is 0 Å². The summed E-state index contributed by atoms with van der Waals surface area (Å²) in [5.41, 5.74) is 6.82. The maximum Gasteiger partial charge on any atom is 0.341 e. The van der Waals surface area contributed by atoms with Crippen molar-refractivity contribution in [2.75, 3.05) is 32.1 Å². The van der Waals surface area contributed by atoms with Gasteiger partial charge in [-0.15, -0.1) is 0 Å². The quantitative estimate of drug-likeness (QED) is 0.361. The predicted molar refractivity (Wildman–Crippen MR) is 147 cm³/mol. The van der Waals surface area contributed by atoms with Crippen LogP contribution in [-0.4, -0.2) is 44.4 Å². The molecule has 3 aromatic carbocycles. The number of allylic oxidation sites excluding steroid dienone is 1. The molecule has 3 aliphatic heterocycles. The molecular formula is C31H32N2O5. The minimum absolute atomic E-state index is 0.187. The highest BCUT2D eigenvalue weighted by Gasteiger charge is 2.37. The largest absolute Gasteiger partial charge is 0.496 e. The Balaban J connectivity index is 1.52. The zero-order chi connectivity index (χ0) is 26.4. The highest BCUT2D eigenvalue weighted by Crippen LogP contribution is 2.54. The smallest absolute Gasteiger partial charge is 0.341 e. The van der Waals surface area contributed by atoms with Crippen molar-refractivity contribution in [3.05, 3.63) is 77.4 Å². The van der Waals surface area contributed by atoms with E-state index in [0.29, 0.717) is 24.7 Å². The van der Waals surface area contributed by atoms with Gasteiger partial charge in [-0.1, -0.05) is 36.4 Å². The van der Waals surface area contributed by atoms with Gasteiger partial charge >= 0.3 is 5.97 Å². The molecule has 3 aromatic rings. The summed E-state index contributed by atoms with van der Waals surface area (Å²) in [6.07, 6.45) is 1.08. The van der Waals surface area contributed by atoms with Gasteiger partial charge in [-0.3, -0.25) is 0 Å². The Labute approximate surface area is 222 Å². The minimum atomic E-state index is -0.647. The monoisotopic (exact) mass is 512 g/mol. The van der Waals surface area contributed by atoms with E-state index in [1.807, 2.05) is 42.5 Å². The summed E-state index contributed by atoms with van der Waals surface area (Å²) >= 11 is 0. The van der Waals surface area contributed by atoms with Crippen LogP contribution in [0.2, 0.25) is 0 Å². The van der Waals surface area contributed by atoms with E-state index in [1.165, 1.54) is 0 Å². The number of esters is 1. The normalized spacial score (nSPS) is 21.0. The van der Waals surface area contributed by atoms with Gasteiger partial charge in [0, 0.05) is 35.5 Å². The highest BCUT2D eigenvalue weighted by atomic mass is 16.6. The molecule has 0 bridgehead atoms. The minimum Gasteiger partial charge on any atom is -0.496 e. The average Bonchev–Trinajstić information content (AvgIpc) is 2.92. The third kappa shape index (κ3) is 4.22. The van der Waals surface area contributed by atoms with Crippen molar-refractivity contribution >= 4 is 17.2 Å². The lowest BCUT2D eigenvalue weighted by molar-refractivity contribution is -0.148. The predicted octanol–water partition coefficient (Wildman–Crippen LogP) is 5.35. The van der Waals surface area contributed by atoms with Crippen LogP contribution < -0.4 is 24.8 Å². The number of fused-ring (bicyclic) bond motifs is 5. The van der Waals surface area contributed by atoms with Crippen LogP contribution in [-0.2, 0) is 9.53 Å². The number of carbonyl (C=O) groups is 1. The summed E-state index contributed by atoms with van der Waals surface area (Å²) in [5.74, 6) is 1.50. The maximum atomic E-state index is 13.0. The Bertz CT molecular complexity index is 1440. The van der Waals surface area contributed by atoms with Crippen LogP contribution in [0, 0.1) is 0 Å². The SMILES string of the molecule is COc1cccc2c1-c1ccc3c(c1C(c1ccccc1OC(=O)C1CNCCO1)O2)C(C)=CC(C)(C)N3. The van der Waals surface area contributed by atoms with Crippen molar-refractivity contribution in [3.8, 4) is 28.4 Å². The van der Waals surface area contributed by atoms with Crippen LogP contribution in [0.15, 0.2) is 60.7 Å². The van der Waals surface area contributed by atoms with Crippen molar-refractivity contribution < 1.29 is 23.7 Å². The fourth-order valence-electron chi connectivity index (χ4n) is 5.77. The standard InChI is InChI=1S/C31H32N2O5/c1-18-16-31(2,3)33-21-13-12-20-27-23(35-4)10-7-11-24(27)37-29(28(20)26(18)21)19-8-5-6-9-22(19)38-30(34)25-17-32-14-15-36-25/h5-13,16,25,29,32-33H,14-15,17H2,1-4H3. The lowest BCUT2D eigenvalue weighted by atomic mass is 9.80. The Morgan fingerprint density at radius 3 is 2.63 bits per heavy atom. The van der Waals surface area contributed by atoms with E-state index < -0.39 is 18.2 Å². The molecule has 2 atom stereocenters. The van der Waals surface area contributed by atoms with Crippen molar-refractivity contribution in [2.45, 2.75) is 38.5 Å². The van der Waals surface area contributed by atoms with Crippen LogP contribution >= 0.6 is 0 Å². The zero-order valence-corrected chi connectivity index (χ0v) is 22.1. The highest BCUT2D eigenvalue weighted by molar-refractivity contribution is 5.92. The Morgan fingerprint density at radius 2 is 1.84 bits per heavy atom. The van der Waals surface area contributed by atoms with E-state index in [-0.39, 0.29) is 5.54 Å². The first-order valence-electron chi connectivity index (χ1n) is 13.0. The summed E-state index contributed by atoms with van der Waals surface area (Å²) in [5, 5.41) is 6.84. The average molecular weight is 513 g/mol. The Hall–Kier alpha value is -3.81. The van der Waals surface area contributed by atoms with E-state index >= 15 is 0 Å².